The van der Waals surface area contributed by atoms with Crippen LogP contribution in [0.25, 0.3) is 11.1 Å². The third-order valence-electron chi connectivity index (χ3n) is 2.48. The van der Waals surface area contributed by atoms with Crippen molar-refractivity contribution in [3.05, 3.63) is 59.4 Å². The topological polar surface area (TPSA) is 26.0 Å². The van der Waals surface area contributed by atoms with Crippen molar-refractivity contribution in [1.82, 2.24) is 0 Å². The molecule has 88 valence electrons. The minimum Gasteiger partial charge on any atom is -0.326 e. The Kier molecular flexibility index (Phi) is 3.15. The van der Waals surface area contributed by atoms with Crippen LogP contribution in [0.5, 0.6) is 0 Å². The van der Waals surface area contributed by atoms with Crippen LogP contribution in [0.2, 0.25) is 0 Å². The highest BCUT2D eigenvalue weighted by atomic mass is 19.2. The Morgan fingerprint density at radius 2 is 1.53 bits per heavy atom. The Labute approximate surface area is 96.7 Å². The van der Waals surface area contributed by atoms with Crippen LogP contribution in [0.3, 0.4) is 0 Å². The van der Waals surface area contributed by atoms with Crippen molar-refractivity contribution in [2.45, 2.75) is 6.54 Å². The molecule has 0 radical (unpaired) electrons. The monoisotopic (exact) mass is 237 g/mol. The first-order chi connectivity index (χ1) is 8.11. The van der Waals surface area contributed by atoms with Crippen LogP contribution in [-0.2, 0) is 6.54 Å². The van der Waals surface area contributed by atoms with Gasteiger partial charge in [0.1, 0.15) is 0 Å². The molecule has 2 N–H and O–H groups in total. The van der Waals surface area contributed by atoms with E-state index in [4.69, 9.17) is 5.73 Å². The Hall–Kier alpha value is -1.81. The zero-order valence-electron chi connectivity index (χ0n) is 8.88. The Balaban J connectivity index is 2.52. The standard InChI is InChI=1S/C13H10F3N/c14-11-5-10(6-12(15)13(11)16)9-3-1-2-8(4-9)7-17/h1-6H,7,17H2. The fourth-order valence-corrected chi connectivity index (χ4v) is 1.60. The van der Waals surface area contributed by atoms with Gasteiger partial charge in [0.2, 0.25) is 0 Å². The third kappa shape index (κ3) is 2.31. The van der Waals surface area contributed by atoms with Crippen LogP contribution in [0.4, 0.5) is 13.2 Å². The fraction of sp³-hybridized carbons (Fsp3) is 0.0769. The molecule has 2 aromatic rings. The molecule has 0 aliphatic rings. The molecule has 0 saturated heterocycles. The highest BCUT2D eigenvalue weighted by molar-refractivity contribution is 5.64. The van der Waals surface area contributed by atoms with E-state index in [9.17, 15) is 13.2 Å². The zero-order chi connectivity index (χ0) is 12.4. The molecule has 0 aromatic heterocycles. The highest BCUT2D eigenvalue weighted by Gasteiger charge is 2.11. The van der Waals surface area contributed by atoms with E-state index < -0.39 is 17.5 Å². The first kappa shape index (κ1) is 11.7. The smallest absolute Gasteiger partial charge is 0.194 e. The maximum atomic E-state index is 13.1. The van der Waals surface area contributed by atoms with Gasteiger partial charge in [0.25, 0.3) is 0 Å². The predicted octanol–water partition coefficient (Wildman–Crippen LogP) is 3.23. The van der Waals surface area contributed by atoms with Crippen molar-refractivity contribution in [3.8, 4) is 11.1 Å². The van der Waals surface area contributed by atoms with Crippen LogP contribution >= 0.6 is 0 Å². The number of hydrogen-bond acceptors (Lipinski definition) is 1. The van der Waals surface area contributed by atoms with Crippen molar-refractivity contribution in [2.24, 2.45) is 5.73 Å². The lowest BCUT2D eigenvalue weighted by Crippen LogP contribution is -1.96. The Morgan fingerprint density at radius 1 is 0.882 bits per heavy atom. The summed E-state index contributed by atoms with van der Waals surface area (Å²) >= 11 is 0. The van der Waals surface area contributed by atoms with Crippen LogP contribution in [0.1, 0.15) is 5.56 Å². The SMILES string of the molecule is NCc1cccc(-c2cc(F)c(F)c(F)c2)c1. The molecule has 0 saturated carbocycles. The molecule has 0 aliphatic heterocycles. The molecule has 2 aromatic carbocycles. The van der Waals surface area contributed by atoms with Gasteiger partial charge in [-0.1, -0.05) is 18.2 Å². The lowest BCUT2D eigenvalue weighted by molar-refractivity contribution is 0.447. The molecule has 0 bridgehead atoms. The summed E-state index contributed by atoms with van der Waals surface area (Å²) in [4.78, 5) is 0. The van der Waals surface area contributed by atoms with Gasteiger partial charge >= 0.3 is 0 Å². The minimum absolute atomic E-state index is 0.289. The summed E-state index contributed by atoms with van der Waals surface area (Å²) in [6.07, 6.45) is 0. The largest absolute Gasteiger partial charge is 0.326 e. The lowest BCUT2D eigenvalue weighted by Gasteiger charge is -2.05. The van der Waals surface area contributed by atoms with E-state index >= 15 is 0 Å². The summed E-state index contributed by atoms with van der Waals surface area (Å²) in [5.41, 5.74) is 7.20. The Bertz CT molecular complexity index is 529. The van der Waals surface area contributed by atoms with Crippen molar-refractivity contribution < 1.29 is 13.2 Å². The first-order valence-corrected chi connectivity index (χ1v) is 5.05. The maximum absolute atomic E-state index is 13.1. The summed E-state index contributed by atoms with van der Waals surface area (Å²) in [7, 11) is 0. The third-order valence-corrected chi connectivity index (χ3v) is 2.48. The fourth-order valence-electron chi connectivity index (χ4n) is 1.60. The van der Waals surface area contributed by atoms with Crippen molar-refractivity contribution in [2.75, 3.05) is 0 Å². The van der Waals surface area contributed by atoms with Crippen LogP contribution in [-0.4, -0.2) is 0 Å². The van der Waals surface area contributed by atoms with Crippen LogP contribution in [0, 0.1) is 17.5 Å². The second-order valence-electron chi connectivity index (χ2n) is 3.66. The highest BCUT2D eigenvalue weighted by Crippen LogP contribution is 2.24. The van der Waals surface area contributed by atoms with Crippen LogP contribution < -0.4 is 5.73 Å². The summed E-state index contributed by atoms with van der Waals surface area (Å²) in [6.45, 7) is 0.333. The molecule has 0 spiro atoms. The van der Waals surface area contributed by atoms with E-state index in [1.807, 2.05) is 0 Å². The molecule has 0 amide bonds. The van der Waals surface area contributed by atoms with Crippen molar-refractivity contribution in [3.63, 3.8) is 0 Å². The Morgan fingerprint density at radius 3 is 2.12 bits per heavy atom. The maximum Gasteiger partial charge on any atom is 0.194 e. The second-order valence-corrected chi connectivity index (χ2v) is 3.66. The van der Waals surface area contributed by atoms with E-state index in [1.165, 1.54) is 0 Å². The number of halogens is 3. The molecule has 2 rings (SSSR count). The van der Waals surface area contributed by atoms with E-state index in [2.05, 4.69) is 0 Å². The molecule has 0 atom stereocenters. The minimum atomic E-state index is -1.45. The molecule has 1 nitrogen and oxygen atoms in total. The van der Waals surface area contributed by atoms with Crippen molar-refractivity contribution >= 4 is 0 Å². The molecule has 4 heteroatoms. The second kappa shape index (κ2) is 4.59. The van der Waals surface area contributed by atoms with Gasteiger partial charge in [0.05, 0.1) is 0 Å². The molecule has 0 unspecified atom stereocenters. The number of hydrogen-bond donors (Lipinski definition) is 1. The van der Waals surface area contributed by atoms with E-state index in [-0.39, 0.29) is 5.56 Å². The summed E-state index contributed by atoms with van der Waals surface area (Å²) in [6, 6.07) is 8.87. The molecular weight excluding hydrogens is 227 g/mol. The normalized spacial score (nSPS) is 10.6. The number of rotatable bonds is 2. The molecule has 17 heavy (non-hydrogen) atoms. The first-order valence-electron chi connectivity index (χ1n) is 5.05. The van der Waals surface area contributed by atoms with Crippen molar-refractivity contribution in [1.29, 1.82) is 0 Å². The summed E-state index contributed by atoms with van der Waals surface area (Å²) in [5.74, 6) is -3.85. The summed E-state index contributed by atoms with van der Waals surface area (Å²) in [5, 5.41) is 0. The average Bonchev–Trinajstić information content (AvgIpc) is 2.35. The zero-order valence-corrected chi connectivity index (χ0v) is 8.88. The van der Waals surface area contributed by atoms with E-state index in [0.717, 1.165) is 17.7 Å². The number of benzene rings is 2. The average molecular weight is 237 g/mol. The number of nitrogens with two attached hydrogens (primary N) is 1. The van der Waals surface area contributed by atoms with Gasteiger partial charge in [0, 0.05) is 6.54 Å². The molecule has 0 heterocycles. The van der Waals surface area contributed by atoms with Gasteiger partial charge in [-0.3, -0.25) is 0 Å². The van der Waals surface area contributed by atoms with E-state index in [0.29, 0.717) is 12.1 Å². The van der Waals surface area contributed by atoms with E-state index in [1.54, 1.807) is 24.3 Å². The van der Waals surface area contributed by atoms with Gasteiger partial charge in [-0.2, -0.15) is 0 Å². The van der Waals surface area contributed by atoms with Crippen LogP contribution in [0.15, 0.2) is 36.4 Å². The molecule has 0 aliphatic carbocycles. The predicted molar refractivity (Wildman–Crippen MR) is 59.6 cm³/mol. The van der Waals surface area contributed by atoms with Gasteiger partial charge in [0.15, 0.2) is 17.5 Å². The molecular formula is C13H10F3N. The lowest BCUT2D eigenvalue weighted by atomic mass is 10.0. The van der Waals surface area contributed by atoms with Gasteiger partial charge in [-0.15, -0.1) is 0 Å². The van der Waals surface area contributed by atoms with Gasteiger partial charge in [-0.05, 0) is 34.9 Å². The molecule has 0 fully saturated rings. The summed E-state index contributed by atoms with van der Waals surface area (Å²) < 4.78 is 38.9. The van der Waals surface area contributed by atoms with Gasteiger partial charge in [-0.25, -0.2) is 13.2 Å². The van der Waals surface area contributed by atoms with Gasteiger partial charge < -0.3 is 5.73 Å². The quantitative estimate of drug-likeness (QED) is 0.797.